The minimum Gasteiger partial charge on any atom is -0.491 e. The van der Waals surface area contributed by atoms with E-state index < -0.39 is 0 Å². The highest BCUT2D eigenvalue weighted by molar-refractivity contribution is 7.16. The second-order valence-electron chi connectivity index (χ2n) is 7.35. The number of hydrogen-bond acceptors (Lipinski definition) is 7. The van der Waals surface area contributed by atoms with Crippen molar-refractivity contribution in [3.63, 3.8) is 0 Å². The molecule has 1 amide bonds. The summed E-state index contributed by atoms with van der Waals surface area (Å²) >= 11 is 7.61. The molecule has 0 saturated heterocycles. The Hall–Kier alpha value is -2.58. The summed E-state index contributed by atoms with van der Waals surface area (Å²) < 4.78 is 16.8. The number of hydrogen-bond donors (Lipinski definition) is 1. The van der Waals surface area contributed by atoms with Gasteiger partial charge in [0.1, 0.15) is 17.2 Å². The minimum absolute atomic E-state index is 0.0457. The normalized spacial score (nSPS) is 12.3. The molecule has 0 aliphatic rings. The number of nitrogens with one attached hydrogen (secondary N) is 1. The maximum Gasteiger partial charge on any atom is 0.279 e. The van der Waals surface area contributed by atoms with Gasteiger partial charge in [-0.15, -0.1) is 0 Å². The Morgan fingerprint density at radius 1 is 1.20 bits per heavy atom. The first-order valence-corrected chi connectivity index (χ1v) is 10.8. The number of ether oxygens (including phenoxy) is 2. The fraction of sp³-hybridized carbons (Fsp3) is 0.381. The van der Waals surface area contributed by atoms with Crippen molar-refractivity contribution in [2.45, 2.75) is 46.8 Å². The molecule has 0 fully saturated rings. The Morgan fingerprint density at radius 3 is 2.63 bits per heavy atom. The van der Waals surface area contributed by atoms with Crippen molar-refractivity contribution >= 4 is 28.8 Å². The maximum absolute atomic E-state index is 11.9. The van der Waals surface area contributed by atoms with Crippen LogP contribution in [0.3, 0.4) is 0 Å². The van der Waals surface area contributed by atoms with Gasteiger partial charge in [-0.25, -0.2) is 4.98 Å². The summed E-state index contributed by atoms with van der Waals surface area (Å²) in [4.78, 5) is 16.9. The molecule has 9 heteroatoms. The van der Waals surface area contributed by atoms with Crippen LogP contribution in [-0.2, 0) is 4.79 Å². The zero-order chi connectivity index (χ0) is 21.8. The molecule has 3 rings (SSSR count). The highest BCUT2D eigenvalue weighted by atomic mass is 35.5. The van der Waals surface area contributed by atoms with Gasteiger partial charge >= 0.3 is 0 Å². The molecule has 2 heterocycles. The van der Waals surface area contributed by atoms with Crippen LogP contribution in [0.5, 0.6) is 16.7 Å². The number of benzene rings is 1. The molecule has 1 N–H and O–H groups in total. The molecule has 0 aliphatic carbocycles. The smallest absolute Gasteiger partial charge is 0.279 e. The number of nitrogens with zero attached hydrogens (tertiary/aromatic N) is 2. The summed E-state index contributed by atoms with van der Waals surface area (Å²) in [6.07, 6.45) is 1.71. The largest absolute Gasteiger partial charge is 0.491 e. The predicted molar refractivity (Wildman–Crippen MR) is 116 cm³/mol. The Labute approximate surface area is 184 Å². The molecule has 1 aromatic carbocycles. The third-order valence-corrected chi connectivity index (χ3v) is 5.24. The molecule has 0 bridgehead atoms. The fourth-order valence-corrected chi connectivity index (χ4v) is 3.43. The first-order chi connectivity index (χ1) is 14.2. The Morgan fingerprint density at radius 2 is 1.97 bits per heavy atom. The van der Waals surface area contributed by atoms with E-state index in [4.69, 9.17) is 25.6 Å². The van der Waals surface area contributed by atoms with Crippen LogP contribution in [0.2, 0.25) is 5.02 Å². The average Bonchev–Trinajstić information content (AvgIpc) is 3.32. The zero-order valence-corrected chi connectivity index (χ0v) is 19.0. The Kier molecular flexibility index (Phi) is 6.99. The lowest BCUT2D eigenvalue weighted by molar-refractivity contribution is -0.124. The van der Waals surface area contributed by atoms with E-state index in [0.29, 0.717) is 33.2 Å². The third kappa shape index (κ3) is 5.52. The maximum atomic E-state index is 11.9. The predicted octanol–water partition coefficient (Wildman–Crippen LogP) is 5.86. The number of aromatic nitrogens is 2. The van der Waals surface area contributed by atoms with Crippen LogP contribution in [0.1, 0.15) is 46.4 Å². The molecule has 3 aromatic rings. The number of halogens is 1. The van der Waals surface area contributed by atoms with E-state index in [9.17, 15) is 4.79 Å². The number of thiazole rings is 1. The van der Waals surface area contributed by atoms with Crippen LogP contribution >= 0.6 is 22.9 Å². The van der Waals surface area contributed by atoms with Crippen molar-refractivity contribution in [2.24, 2.45) is 5.92 Å². The summed E-state index contributed by atoms with van der Waals surface area (Å²) in [6, 6.07) is 6.76. The van der Waals surface area contributed by atoms with Crippen LogP contribution in [0.4, 0.5) is 0 Å². The summed E-state index contributed by atoms with van der Waals surface area (Å²) in [5.74, 6) is 1.58. The summed E-state index contributed by atoms with van der Waals surface area (Å²) in [5, 5.41) is 7.83. The van der Waals surface area contributed by atoms with Crippen molar-refractivity contribution in [3.8, 4) is 27.3 Å². The molecule has 1 atom stereocenters. The van der Waals surface area contributed by atoms with Crippen molar-refractivity contribution < 1.29 is 18.8 Å². The van der Waals surface area contributed by atoms with E-state index in [1.807, 2.05) is 34.6 Å². The van der Waals surface area contributed by atoms with Gasteiger partial charge in [-0.2, -0.15) is 0 Å². The van der Waals surface area contributed by atoms with E-state index in [2.05, 4.69) is 15.5 Å². The molecular formula is C21H24ClN3O4S. The topological polar surface area (TPSA) is 86.5 Å². The van der Waals surface area contributed by atoms with E-state index in [0.717, 1.165) is 4.88 Å². The lowest BCUT2D eigenvalue weighted by Gasteiger charge is -2.12. The molecule has 0 spiro atoms. The first-order valence-electron chi connectivity index (χ1n) is 9.60. The molecule has 7 nitrogen and oxygen atoms in total. The lowest BCUT2D eigenvalue weighted by atomic mass is 10.1. The van der Waals surface area contributed by atoms with Gasteiger partial charge in [0.25, 0.3) is 5.19 Å². The number of carbonyl (C=O) groups is 1. The standard InChI is InChI=1S/C21H24ClN3O4S/c1-11(2)20(26)24-13(5)18-9-16(25-29-18)19-10-23-21(30-19)28-17-7-6-14(8-15(17)22)27-12(3)4/h6-13H,1-5H3,(H,24,26). The molecule has 1 unspecified atom stereocenters. The van der Waals surface area contributed by atoms with Gasteiger partial charge in [0.05, 0.1) is 28.2 Å². The quantitative estimate of drug-likeness (QED) is 0.463. The van der Waals surface area contributed by atoms with Crippen LogP contribution in [-0.4, -0.2) is 22.2 Å². The van der Waals surface area contributed by atoms with Crippen molar-refractivity contribution in [2.75, 3.05) is 0 Å². The SMILES string of the molecule is CC(C)Oc1ccc(Oc2ncc(-c3cc(C(C)NC(=O)C(C)C)on3)s2)c(Cl)c1. The van der Waals surface area contributed by atoms with E-state index in [1.165, 1.54) is 11.3 Å². The highest BCUT2D eigenvalue weighted by Crippen LogP contribution is 2.37. The number of carbonyl (C=O) groups excluding carboxylic acids is 1. The Balaban J connectivity index is 1.68. The van der Waals surface area contributed by atoms with Crippen LogP contribution in [0, 0.1) is 5.92 Å². The molecule has 160 valence electrons. The van der Waals surface area contributed by atoms with Gasteiger partial charge in [-0.05, 0) is 32.9 Å². The van der Waals surface area contributed by atoms with Gasteiger partial charge in [0.2, 0.25) is 5.91 Å². The summed E-state index contributed by atoms with van der Waals surface area (Å²) in [7, 11) is 0. The van der Waals surface area contributed by atoms with E-state index in [-0.39, 0.29) is 24.0 Å². The molecule has 0 aliphatic heterocycles. The van der Waals surface area contributed by atoms with Crippen molar-refractivity contribution in [3.05, 3.63) is 41.2 Å². The zero-order valence-electron chi connectivity index (χ0n) is 17.4. The molecule has 2 aromatic heterocycles. The minimum atomic E-state index is -0.282. The molecule has 30 heavy (non-hydrogen) atoms. The summed E-state index contributed by atoms with van der Waals surface area (Å²) in [6.45, 7) is 9.42. The second kappa shape index (κ2) is 9.49. The van der Waals surface area contributed by atoms with Gasteiger partial charge in [0, 0.05) is 18.1 Å². The van der Waals surface area contributed by atoms with E-state index >= 15 is 0 Å². The number of amides is 1. The molecular weight excluding hydrogens is 426 g/mol. The average molecular weight is 450 g/mol. The third-order valence-electron chi connectivity index (χ3n) is 4.05. The van der Waals surface area contributed by atoms with E-state index in [1.54, 1.807) is 30.5 Å². The number of rotatable bonds is 8. The van der Waals surface area contributed by atoms with Crippen LogP contribution in [0.25, 0.3) is 10.6 Å². The van der Waals surface area contributed by atoms with Gasteiger partial charge in [-0.1, -0.05) is 41.9 Å². The van der Waals surface area contributed by atoms with Crippen LogP contribution in [0.15, 0.2) is 35.0 Å². The lowest BCUT2D eigenvalue weighted by Crippen LogP contribution is -2.30. The Bertz CT molecular complexity index is 1020. The second-order valence-corrected chi connectivity index (χ2v) is 8.75. The fourth-order valence-electron chi connectivity index (χ4n) is 2.49. The van der Waals surface area contributed by atoms with Gasteiger partial charge in [-0.3, -0.25) is 4.79 Å². The van der Waals surface area contributed by atoms with Gasteiger partial charge in [0.15, 0.2) is 5.76 Å². The highest BCUT2D eigenvalue weighted by Gasteiger charge is 2.18. The van der Waals surface area contributed by atoms with Crippen LogP contribution < -0.4 is 14.8 Å². The first kappa shape index (κ1) is 22.1. The molecule has 0 radical (unpaired) electrons. The van der Waals surface area contributed by atoms with Gasteiger partial charge < -0.3 is 19.3 Å². The molecule has 0 saturated carbocycles. The van der Waals surface area contributed by atoms with Crippen molar-refractivity contribution in [1.82, 2.24) is 15.5 Å². The van der Waals surface area contributed by atoms with Crippen molar-refractivity contribution in [1.29, 1.82) is 0 Å². The summed E-state index contributed by atoms with van der Waals surface area (Å²) in [5.41, 5.74) is 0.620. The monoisotopic (exact) mass is 449 g/mol.